The predicted octanol–water partition coefficient (Wildman–Crippen LogP) is 3.09. The lowest BCUT2D eigenvalue weighted by atomic mass is 9.85. The molecule has 31 heavy (non-hydrogen) atoms. The zero-order valence-electron chi connectivity index (χ0n) is 17.2. The minimum absolute atomic E-state index is 0.109. The normalized spacial score (nSPS) is 23.3. The molecule has 3 fully saturated rings. The fraction of sp³-hybridized carbons (Fsp3) is 0.391. The van der Waals surface area contributed by atoms with Gasteiger partial charge in [-0.25, -0.2) is 4.79 Å². The number of anilines is 2. The number of amides is 2. The van der Waals surface area contributed by atoms with Gasteiger partial charge in [0.15, 0.2) is 0 Å². The molecule has 2 aromatic carbocycles. The Hall–Kier alpha value is -2.77. The first-order valence-electron chi connectivity index (χ1n) is 10.6. The van der Waals surface area contributed by atoms with Gasteiger partial charge in [-0.15, -0.1) is 0 Å². The summed E-state index contributed by atoms with van der Waals surface area (Å²) in [5.41, 5.74) is 1.35. The Bertz CT molecular complexity index is 961. The number of hydrogen-bond acceptors (Lipinski definition) is 5. The van der Waals surface area contributed by atoms with Gasteiger partial charge >= 0.3 is 6.09 Å². The fourth-order valence-electron chi connectivity index (χ4n) is 4.87. The second-order valence-corrected chi connectivity index (χ2v) is 8.79. The number of benzene rings is 2. The van der Waals surface area contributed by atoms with Crippen LogP contribution in [0.25, 0.3) is 0 Å². The molecule has 3 aliphatic rings. The Morgan fingerprint density at radius 2 is 1.71 bits per heavy atom. The topological polar surface area (TPSA) is 65.1 Å². The molecule has 1 unspecified atom stereocenters. The van der Waals surface area contributed by atoms with E-state index < -0.39 is 5.54 Å². The highest BCUT2D eigenvalue weighted by Crippen LogP contribution is 2.36. The number of rotatable bonds is 4. The average molecular weight is 441 g/mol. The molecule has 2 aromatic rings. The summed E-state index contributed by atoms with van der Waals surface area (Å²) in [6, 6.07) is 17.3. The molecule has 0 radical (unpaired) electrons. The van der Waals surface area contributed by atoms with E-state index in [9.17, 15) is 9.59 Å². The number of carbonyl (C=O) groups excluding carboxylic acids is 2. The van der Waals surface area contributed by atoms with Crippen LogP contribution in [0.2, 0.25) is 5.02 Å². The maximum absolute atomic E-state index is 12.8. The van der Waals surface area contributed by atoms with Crippen LogP contribution in [0.5, 0.6) is 0 Å². The van der Waals surface area contributed by atoms with Crippen molar-refractivity contribution in [2.75, 3.05) is 42.6 Å². The van der Waals surface area contributed by atoms with Gasteiger partial charge in [-0.2, -0.15) is 0 Å². The molecule has 0 aliphatic carbocycles. The smallest absolute Gasteiger partial charge is 0.414 e. The number of likely N-dealkylation sites (tertiary alicyclic amines) is 1. The Morgan fingerprint density at radius 1 is 1.00 bits per heavy atom. The van der Waals surface area contributed by atoms with Crippen LogP contribution in [-0.2, 0) is 9.53 Å². The van der Waals surface area contributed by atoms with Crippen LogP contribution in [0.3, 0.4) is 0 Å². The highest BCUT2D eigenvalue weighted by atomic mass is 35.5. The molecule has 1 N–H and O–H groups in total. The Labute approximate surface area is 186 Å². The molecular formula is C23H25ClN4O3. The Kier molecular flexibility index (Phi) is 5.24. The number of ether oxygens (including phenoxy) is 1. The van der Waals surface area contributed by atoms with E-state index in [0.29, 0.717) is 24.8 Å². The maximum atomic E-state index is 12.8. The van der Waals surface area contributed by atoms with E-state index in [4.69, 9.17) is 16.3 Å². The Morgan fingerprint density at radius 3 is 2.42 bits per heavy atom. The maximum Gasteiger partial charge on any atom is 0.414 e. The second-order valence-electron chi connectivity index (χ2n) is 8.35. The van der Waals surface area contributed by atoms with Gasteiger partial charge in [0.1, 0.15) is 11.6 Å². The van der Waals surface area contributed by atoms with Crippen LogP contribution in [0.15, 0.2) is 54.6 Å². The summed E-state index contributed by atoms with van der Waals surface area (Å²) < 4.78 is 5.61. The summed E-state index contributed by atoms with van der Waals surface area (Å²) in [5, 5.41) is 3.67. The predicted molar refractivity (Wildman–Crippen MR) is 119 cm³/mol. The van der Waals surface area contributed by atoms with Crippen molar-refractivity contribution < 1.29 is 14.3 Å². The third kappa shape index (κ3) is 3.72. The van der Waals surface area contributed by atoms with E-state index in [2.05, 4.69) is 27.2 Å². The fourth-order valence-corrected chi connectivity index (χ4v) is 5.00. The summed E-state index contributed by atoms with van der Waals surface area (Å²) in [6.07, 6.45) is 0.969. The van der Waals surface area contributed by atoms with E-state index in [-0.39, 0.29) is 18.1 Å². The summed E-state index contributed by atoms with van der Waals surface area (Å²) in [5.74, 6) is 0.109. The monoisotopic (exact) mass is 440 g/mol. The number of halogens is 1. The third-order valence-corrected chi connectivity index (χ3v) is 6.81. The van der Waals surface area contributed by atoms with Gasteiger partial charge in [0.25, 0.3) is 0 Å². The first kappa shape index (κ1) is 20.2. The van der Waals surface area contributed by atoms with Crippen LogP contribution >= 0.6 is 11.6 Å². The third-order valence-electron chi connectivity index (χ3n) is 6.56. The van der Waals surface area contributed by atoms with Crippen LogP contribution in [0, 0.1) is 0 Å². The lowest BCUT2D eigenvalue weighted by molar-refractivity contribution is -0.125. The Balaban J connectivity index is 1.22. The highest BCUT2D eigenvalue weighted by Gasteiger charge is 2.50. The van der Waals surface area contributed by atoms with Gasteiger partial charge in [0, 0.05) is 36.0 Å². The van der Waals surface area contributed by atoms with Crippen LogP contribution in [0.4, 0.5) is 16.2 Å². The molecule has 0 saturated carbocycles. The SMILES string of the molecule is O=C1OC(CN2CCC3(CC2)C(=O)NCN3c2ccccc2)CN1c1ccc(Cl)cc1. The molecule has 1 atom stereocenters. The molecular weight excluding hydrogens is 416 g/mol. The van der Waals surface area contributed by atoms with E-state index in [1.165, 1.54) is 0 Å². The summed E-state index contributed by atoms with van der Waals surface area (Å²) in [7, 11) is 0. The van der Waals surface area contributed by atoms with Crippen molar-refractivity contribution in [3.8, 4) is 0 Å². The van der Waals surface area contributed by atoms with E-state index >= 15 is 0 Å². The number of hydrogen-bond donors (Lipinski definition) is 1. The second kappa shape index (κ2) is 8.05. The van der Waals surface area contributed by atoms with Crippen molar-refractivity contribution in [2.24, 2.45) is 0 Å². The lowest BCUT2D eigenvalue weighted by Gasteiger charge is -2.43. The van der Waals surface area contributed by atoms with Crippen molar-refractivity contribution in [3.05, 3.63) is 59.6 Å². The van der Waals surface area contributed by atoms with Gasteiger partial charge in [0.05, 0.1) is 13.2 Å². The van der Waals surface area contributed by atoms with Gasteiger partial charge < -0.3 is 15.0 Å². The van der Waals surface area contributed by atoms with Crippen molar-refractivity contribution >= 4 is 35.0 Å². The van der Waals surface area contributed by atoms with E-state index in [1.54, 1.807) is 17.0 Å². The number of cyclic esters (lactones) is 1. The van der Waals surface area contributed by atoms with Crippen molar-refractivity contribution in [3.63, 3.8) is 0 Å². The van der Waals surface area contributed by atoms with Crippen LogP contribution in [0.1, 0.15) is 12.8 Å². The zero-order valence-corrected chi connectivity index (χ0v) is 17.9. The molecule has 7 nitrogen and oxygen atoms in total. The standard InChI is InChI=1S/C23H25ClN4O3/c24-17-6-8-18(9-7-17)27-15-20(31-22(27)30)14-26-12-10-23(11-13-26)21(29)25-16-28(23)19-4-2-1-3-5-19/h1-9,20H,10-16H2,(H,25,29). The summed E-state index contributed by atoms with van der Waals surface area (Å²) >= 11 is 5.95. The summed E-state index contributed by atoms with van der Waals surface area (Å²) in [4.78, 5) is 31.3. The average Bonchev–Trinajstić information content (AvgIpc) is 3.31. The number of nitrogens with zero attached hydrogens (tertiary/aromatic N) is 3. The van der Waals surface area contributed by atoms with E-state index in [0.717, 1.165) is 37.3 Å². The molecule has 3 saturated heterocycles. The van der Waals surface area contributed by atoms with Gasteiger partial charge in [-0.1, -0.05) is 29.8 Å². The number of carbonyl (C=O) groups is 2. The first-order valence-corrected chi connectivity index (χ1v) is 11.0. The minimum Gasteiger partial charge on any atom is -0.443 e. The zero-order chi connectivity index (χ0) is 21.4. The lowest BCUT2D eigenvalue weighted by Crippen LogP contribution is -2.57. The highest BCUT2D eigenvalue weighted by molar-refractivity contribution is 6.30. The van der Waals surface area contributed by atoms with Crippen LogP contribution in [-0.4, -0.2) is 61.4 Å². The van der Waals surface area contributed by atoms with Crippen molar-refractivity contribution in [1.29, 1.82) is 0 Å². The molecule has 0 bridgehead atoms. The number of para-hydroxylation sites is 1. The number of piperidine rings is 1. The van der Waals surface area contributed by atoms with Gasteiger partial charge in [0.2, 0.25) is 5.91 Å². The molecule has 8 heteroatoms. The van der Waals surface area contributed by atoms with Crippen molar-refractivity contribution in [2.45, 2.75) is 24.5 Å². The molecule has 3 aliphatic heterocycles. The molecule has 1 spiro atoms. The quantitative estimate of drug-likeness (QED) is 0.791. The van der Waals surface area contributed by atoms with Crippen LogP contribution < -0.4 is 15.1 Å². The largest absolute Gasteiger partial charge is 0.443 e. The summed E-state index contributed by atoms with van der Waals surface area (Å²) in [6.45, 7) is 3.29. The molecule has 2 amide bonds. The van der Waals surface area contributed by atoms with Gasteiger partial charge in [-0.05, 0) is 49.2 Å². The molecule has 5 rings (SSSR count). The molecule has 162 valence electrons. The van der Waals surface area contributed by atoms with Gasteiger partial charge in [-0.3, -0.25) is 14.6 Å². The van der Waals surface area contributed by atoms with Crippen molar-refractivity contribution in [1.82, 2.24) is 10.2 Å². The molecule has 0 aromatic heterocycles. The molecule has 3 heterocycles. The number of nitrogens with one attached hydrogen (secondary N) is 1. The van der Waals surface area contributed by atoms with E-state index in [1.807, 2.05) is 30.3 Å². The minimum atomic E-state index is -0.500. The first-order chi connectivity index (χ1) is 15.0.